The maximum Gasteiger partial charge on any atom is 0.268 e. The minimum atomic E-state index is -4.35. The third-order valence-corrected chi connectivity index (χ3v) is 5.50. The molecule has 0 saturated carbocycles. The second-order valence-corrected chi connectivity index (χ2v) is 10.1. The maximum atomic E-state index is 12.0. The molecule has 0 aliphatic rings. The van der Waals surface area contributed by atoms with Crippen molar-refractivity contribution in [3.8, 4) is 0 Å². The molecule has 0 saturated heterocycles. The standard InChI is InChI=1S/C22H46NO6P/c1-6-8-10-12-13-14-17-26-20-22(27-18-15-11-9-7-2)21-29-30(24,25)28-19-16-23(3,4)5/h7,22H,2,6,8-21H2,1,3-5H3/t22-/m1/s1. The molecule has 30 heavy (non-hydrogen) atoms. The summed E-state index contributed by atoms with van der Waals surface area (Å²) in [5.41, 5.74) is 0. The number of phosphoric ester groups is 1. The van der Waals surface area contributed by atoms with Crippen LogP contribution < -0.4 is 4.89 Å². The fraction of sp³-hybridized carbons (Fsp3) is 0.909. The number of hydrogen-bond acceptors (Lipinski definition) is 6. The van der Waals surface area contributed by atoms with Crippen LogP contribution >= 0.6 is 7.82 Å². The zero-order valence-electron chi connectivity index (χ0n) is 19.8. The van der Waals surface area contributed by atoms with Crippen LogP contribution in [0.15, 0.2) is 12.7 Å². The van der Waals surface area contributed by atoms with Gasteiger partial charge in [-0.3, -0.25) is 4.57 Å². The lowest BCUT2D eigenvalue weighted by atomic mass is 10.1. The largest absolute Gasteiger partial charge is 0.756 e. The number of hydrogen-bond donors (Lipinski definition) is 0. The molecular formula is C22H46NO6P. The van der Waals surface area contributed by atoms with Crippen molar-refractivity contribution >= 4 is 7.82 Å². The minimum absolute atomic E-state index is 0.0892. The first kappa shape index (κ1) is 29.7. The van der Waals surface area contributed by atoms with Gasteiger partial charge >= 0.3 is 0 Å². The third kappa shape index (κ3) is 21.0. The number of ether oxygens (including phenoxy) is 2. The Bertz CT molecular complexity index is 455. The van der Waals surface area contributed by atoms with Gasteiger partial charge in [0.2, 0.25) is 0 Å². The van der Waals surface area contributed by atoms with E-state index >= 15 is 0 Å². The highest BCUT2D eigenvalue weighted by Crippen LogP contribution is 2.38. The van der Waals surface area contributed by atoms with Gasteiger partial charge in [0.25, 0.3) is 7.82 Å². The molecule has 1 unspecified atom stereocenters. The molecule has 0 rings (SSSR count). The van der Waals surface area contributed by atoms with Gasteiger partial charge in [-0.05, 0) is 25.7 Å². The molecule has 0 fully saturated rings. The van der Waals surface area contributed by atoms with Crippen LogP contribution in [0.1, 0.15) is 64.7 Å². The number of likely N-dealkylation sites (N-methyl/N-ethyl adjacent to an activating group) is 1. The van der Waals surface area contributed by atoms with Gasteiger partial charge in [-0.25, -0.2) is 0 Å². The second-order valence-electron chi connectivity index (χ2n) is 8.71. The van der Waals surface area contributed by atoms with Gasteiger partial charge in [0.05, 0.1) is 34.4 Å². The predicted molar refractivity (Wildman–Crippen MR) is 120 cm³/mol. The van der Waals surface area contributed by atoms with Crippen LogP contribution in [0.4, 0.5) is 0 Å². The highest BCUT2D eigenvalue weighted by atomic mass is 31.2. The Morgan fingerprint density at radius 1 is 0.933 bits per heavy atom. The van der Waals surface area contributed by atoms with Crippen molar-refractivity contribution in [3.63, 3.8) is 0 Å². The number of rotatable bonds is 22. The molecule has 0 aromatic rings. The molecule has 0 radical (unpaired) electrons. The van der Waals surface area contributed by atoms with Gasteiger partial charge in [-0.2, -0.15) is 0 Å². The third-order valence-electron chi connectivity index (χ3n) is 4.53. The van der Waals surface area contributed by atoms with Gasteiger partial charge in [0.15, 0.2) is 0 Å². The fourth-order valence-corrected chi connectivity index (χ4v) is 3.35. The predicted octanol–water partition coefficient (Wildman–Crippen LogP) is 4.31. The summed E-state index contributed by atoms with van der Waals surface area (Å²) in [5.74, 6) is 0. The highest BCUT2D eigenvalue weighted by molar-refractivity contribution is 7.45. The molecule has 0 aliphatic carbocycles. The average molecular weight is 452 g/mol. The Morgan fingerprint density at radius 2 is 1.60 bits per heavy atom. The van der Waals surface area contributed by atoms with E-state index in [-0.39, 0.29) is 13.2 Å². The van der Waals surface area contributed by atoms with E-state index in [2.05, 4.69) is 13.5 Å². The summed E-state index contributed by atoms with van der Waals surface area (Å²) in [6.45, 7) is 7.98. The number of unbranched alkanes of at least 4 members (excludes halogenated alkanes) is 7. The van der Waals surface area contributed by atoms with Crippen LogP contribution in [-0.4, -0.2) is 71.3 Å². The second kappa shape index (κ2) is 18.3. The van der Waals surface area contributed by atoms with Crippen LogP contribution in [-0.2, 0) is 23.1 Å². The smallest absolute Gasteiger partial charge is 0.268 e. The Kier molecular flexibility index (Phi) is 18.2. The lowest BCUT2D eigenvalue weighted by Crippen LogP contribution is -2.37. The molecule has 0 amide bonds. The summed E-state index contributed by atoms with van der Waals surface area (Å²) in [7, 11) is 1.56. The molecule has 0 aliphatic heterocycles. The van der Waals surface area contributed by atoms with Crippen LogP contribution in [0.25, 0.3) is 0 Å². The first-order chi connectivity index (χ1) is 14.2. The molecular weight excluding hydrogens is 405 g/mol. The van der Waals surface area contributed by atoms with Gasteiger partial charge < -0.3 is 27.9 Å². The Balaban J connectivity index is 4.23. The zero-order chi connectivity index (χ0) is 22.7. The molecule has 0 aromatic carbocycles. The molecule has 0 N–H and O–H groups in total. The Labute approximate surface area is 184 Å². The van der Waals surface area contributed by atoms with Crippen molar-refractivity contribution in [3.05, 3.63) is 12.7 Å². The van der Waals surface area contributed by atoms with Crippen LogP contribution in [0, 0.1) is 0 Å². The van der Waals surface area contributed by atoms with E-state index in [4.69, 9.17) is 18.5 Å². The summed E-state index contributed by atoms with van der Waals surface area (Å²) >= 11 is 0. The van der Waals surface area contributed by atoms with E-state index in [9.17, 15) is 9.46 Å². The molecule has 2 atom stereocenters. The van der Waals surface area contributed by atoms with E-state index in [1.165, 1.54) is 25.7 Å². The monoisotopic (exact) mass is 451 g/mol. The van der Waals surface area contributed by atoms with Crippen molar-refractivity contribution in [2.24, 2.45) is 0 Å². The van der Waals surface area contributed by atoms with Gasteiger partial charge in [-0.1, -0.05) is 45.1 Å². The number of nitrogens with zero attached hydrogens (tertiary/aromatic N) is 1. The maximum absolute atomic E-state index is 12.0. The first-order valence-electron chi connectivity index (χ1n) is 11.4. The minimum Gasteiger partial charge on any atom is -0.756 e. The average Bonchev–Trinajstić information content (AvgIpc) is 2.66. The quantitative estimate of drug-likeness (QED) is 0.106. The van der Waals surface area contributed by atoms with E-state index in [0.717, 1.165) is 32.1 Å². The van der Waals surface area contributed by atoms with Crippen LogP contribution in [0.3, 0.4) is 0 Å². The van der Waals surface area contributed by atoms with Crippen molar-refractivity contribution in [1.82, 2.24) is 0 Å². The van der Waals surface area contributed by atoms with E-state index in [0.29, 0.717) is 30.8 Å². The van der Waals surface area contributed by atoms with Gasteiger partial charge in [0.1, 0.15) is 19.3 Å². The summed E-state index contributed by atoms with van der Waals surface area (Å²) < 4.78 is 34.1. The normalized spacial score (nSPS) is 15.1. The zero-order valence-corrected chi connectivity index (χ0v) is 20.7. The fourth-order valence-electron chi connectivity index (χ4n) is 2.62. The van der Waals surface area contributed by atoms with Crippen LogP contribution in [0.2, 0.25) is 0 Å². The van der Waals surface area contributed by atoms with E-state index in [1.54, 1.807) is 0 Å². The number of allylic oxidation sites excluding steroid dienone is 1. The number of phosphoric acid groups is 1. The molecule has 7 nitrogen and oxygen atoms in total. The molecule has 180 valence electrons. The topological polar surface area (TPSA) is 77.1 Å². The summed E-state index contributed by atoms with van der Waals surface area (Å²) in [4.78, 5) is 12.0. The van der Waals surface area contributed by atoms with Crippen molar-refractivity contribution < 1.29 is 32.5 Å². The van der Waals surface area contributed by atoms with Crippen molar-refractivity contribution in [2.45, 2.75) is 70.8 Å². The molecule has 0 aromatic heterocycles. The highest BCUT2D eigenvalue weighted by Gasteiger charge is 2.17. The molecule has 8 heteroatoms. The summed E-state index contributed by atoms with van der Waals surface area (Å²) in [5, 5.41) is 0. The van der Waals surface area contributed by atoms with E-state index < -0.39 is 13.9 Å². The molecule has 0 spiro atoms. The SMILES string of the molecule is C=CCCCCO[C@H](COCCCCCCCC)COP(=O)([O-])OCC[N+](C)(C)C. The number of quaternary nitrogens is 1. The molecule has 0 heterocycles. The lowest BCUT2D eigenvalue weighted by molar-refractivity contribution is -0.870. The van der Waals surface area contributed by atoms with Crippen molar-refractivity contribution in [1.29, 1.82) is 0 Å². The first-order valence-corrected chi connectivity index (χ1v) is 12.9. The summed E-state index contributed by atoms with van der Waals surface area (Å²) in [6, 6.07) is 0. The van der Waals surface area contributed by atoms with E-state index in [1.807, 2.05) is 27.2 Å². The summed E-state index contributed by atoms with van der Waals surface area (Å²) in [6.07, 6.45) is 11.4. The van der Waals surface area contributed by atoms with Gasteiger partial charge in [0, 0.05) is 13.2 Å². The Morgan fingerprint density at radius 3 is 2.27 bits per heavy atom. The van der Waals surface area contributed by atoms with Crippen LogP contribution in [0.5, 0.6) is 0 Å². The van der Waals surface area contributed by atoms with Gasteiger partial charge in [-0.15, -0.1) is 6.58 Å². The Hall–Kier alpha value is -0.270. The molecule has 0 bridgehead atoms. The lowest BCUT2D eigenvalue weighted by Gasteiger charge is -2.28. The van der Waals surface area contributed by atoms with Crippen molar-refractivity contribution in [2.75, 3.05) is 60.7 Å².